The first-order chi connectivity index (χ1) is 9.83. The van der Waals surface area contributed by atoms with Gasteiger partial charge in [0, 0.05) is 24.9 Å². The number of carbonyl (C=O) groups is 1. The number of aromatic nitrogens is 1. The summed E-state index contributed by atoms with van der Waals surface area (Å²) in [5.74, 6) is 4.66. The summed E-state index contributed by atoms with van der Waals surface area (Å²) in [4.78, 5) is 15.8. The second kappa shape index (κ2) is 7.64. The van der Waals surface area contributed by atoms with Crippen molar-refractivity contribution in [1.29, 1.82) is 0 Å². The third kappa shape index (κ3) is 6.27. The molecule has 0 radical (unpaired) electrons. The van der Waals surface area contributed by atoms with Gasteiger partial charge in [-0.2, -0.15) is 13.2 Å². The molecule has 7 heteroatoms. The molecule has 4 nitrogen and oxygen atoms in total. The number of carbonyl (C=O) groups excluding carboxylic acids is 1. The van der Waals surface area contributed by atoms with Gasteiger partial charge in [-0.25, -0.2) is 0 Å². The molecule has 0 spiro atoms. The van der Waals surface area contributed by atoms with Gasteiger partial charge in [0.05, 0.1) is 24.2 Å². The Balaban J connectivity index is 2.81. The van der Waals surface area contributed by atoms with Gasteiger partial charge in [0.1, 0.15) is 0 Å². The number of hydrogen-bond donors (Lipinski definition) is 2. The van der Waals surface area contributed by atoms with E-state index >= 15 is 0 Å². The Hall–Kier alpha value is -2.07. The summed E-state index contributed by atoms with van der Waals surface area (Å²) in [7, 11) is 0. The zero-order valence-corrected chi connectivity index (χ0v) is 11.4. The summed E-state index contributed by atoms with van der Waals surface area (Å²) in [6, 6.07) is 0.349. The van der Waals surface area contributed by atoms with Crippen LogP contribution in [0.2, 0.25) is 0 Å². The van der Waals surface area contributed by atoms with Crippen molar-refractivity contribution in [2.75, 3.05) is 6.61 Å². The summed E-state index contributed by atoms with van der Waals surface area (Å²) < 4.78 is 36.7. The molecule has 114 valence electrons. The molecule has 1 aromatic rings. The topological polar surface area (TPSA) is 62.2 Å². The van der Waals surface area contributed by atoms with E-state index in [1.807, 2.05) is 0 Å². The largest absolute Gasteiger partial charge is 0.395 e. The zero-order chi connectivity index (χ0) is 15.9. The van der Waals surface area contributed by atoms with Crippen LogP contribution in [0.1, 0.15) is 35.7 Å². The number of hydrogen-bond acceptors (Lipinski definition) is 3. The Kier molecular flexibility index (Phi) is 6.18. The second-order valence-electron chi connectivity index (χ2n) is 4.39. The predicted octanol–water partition coefficient (Wildman–Crippen LogP) is 1.89. The van der Waals surface area contributed by atoms with Crippen LogP contribution in [0.15, 0.2) is 18.5 Å². The van der Waals surface area contributed by atoms with Gasteiger partial charge in [-0.3, -0.25) is 9.78 Å². The van der Waals surface area contributed by atoms with E-state index in [0.717, 1.165) is 0 Å². The predicted molar refractivity (Wildman–Crippen MR) is 70.4 cm³/mol. The number of nitrogens with zero attached hydrogens (tertiary/aromatic N) is 1. The minimum atomic E-state index is -4.34. The smallest absolute Gasteiger partial charge is 0.391 e. The van der Waals surface area contributed by atoms with Crippen molar-refractivity contribution in [2.45, 2.75) is 32.0 Å². The number of pyridine rings is 1. The van der Waals surface area contributed by atoms with Crippen molar-refractivity contribution in [1.82, 2.24) is 10.3 Å². The average Bonchev–Trinajstić information content (AvgIpc) is 2.37. The van der Waals surface area contributed by atoms with Crippen LogP contribution in [0.3, 0.4) is 0 Å². The average molecular weight is 300 g/mol. The van der Waals surface area contributed by atoms with Gasteiger partial charge in [-0.1, -0.05) is 11.8 Å². The maximum atomic E-state index is 12.2. The third-order valence-corrected chi connectivity index (χ3v) is 2.44. The van der Waals surface area contributed by atoms with Crippen molar-refractivity contribution < 1.29 is 23.1 Å². The molecule has 0 aliphatic rings. The Labute approximate surface area is 120 Å². The normalized spacial score (nSPS) is 12.2. The van der Waals surface area contributed by atoms with E-state index in [-0.39, 0.29) is 18.6 Å². The van der Waals surface area contributed by atoms with Crippen molar-refractivity contribution in [3.63, 3.8) is 0 Å². The lowest BCUT2D eigenvalue weighted by Gasteiger charge is -2.16. The summed E-state index contributed by atoms with van der Waals surface area (Å²) in [5, 5.41) is 10.9. The number of halogens is 3. The zero-order valence-electron chi connectivity index (χ0n) is 11.4. The quantitative estimate of drug-likeness (QED) is 0.835. The van der Waals surface area contributed by atoms with E-state index in [4.69, 9.17) is 5.11 Å². The van der Waals surface area contributed by atoms with E-state index in [2.05, 4.69) is 22.1 Å². The fourth-order valence-electron chi connectivity index (χ4n) is 1.61. The van der Waals surface area contributed by atoms with Crippen LogP contribution in [0, 0.1) is 11.8 Å². The molecule has 21 heavy (non-hydrogen) atoms. The minimum absolute atomic E-state index is 0.114. The van der Waals surface area contributed by atoms with Crippen molar-refractivity contribution >= 4 is 5.91 Å². The molecule has 1 heterocycles. The Morgan fingerprint density at radius 3 is 2.86 bits per heavy atom. The number of aliphatic hydroxyl groups excluding tert-OH is 1. The van der Waals surface area contributed by atoms with E-state index < -0.39 is 24.5 Å². The first kappa shape index (κ1) is 17.0. The number of aliphatic hydroxyl groups is 1. The van der Waals surface area contributed by atoms with Gasteiger partial charge in [-0.15, -0.1) is 0 Å². The maximum Gasteiger partial charge on any atom is 0.391 e. The van der Waals surface area contributed by atoms with Crippen LogP contribution in [0.5, 0.6) is 0 Å². The lowest BCUT2D eigenvalue weighted by molar-refractivity contribution is -0.138. The molecule has 0 aliphatic heterocycles. The molecule has 2 N–H and O–H groups in total. The highest BCUT2D eigenvalue weighted by molar-refractivity contribution is 5.96. The number of nitrogens with one attached hydrogen (secondary N) is 1. The fourth-order valence-corrected chi connectivity index (χ4v) is 1.61. The Morgan fingerprint density at radius 2 is 2.24 bits per heavy atom. The Morgan fingerprint density at radius 1 is 1.52 bits per heavy atom. The second-order valence-corrected chi connectivity index (χ2v) is 4.39. The minimum Gasteiger partial charge on any atom is -0.395 e. The van der Waals surface area contributed by atoms with Gasteiger partial charge in [-0.05, 0) is 13.0 Å². The highest BCUT2D eigenvalue weighted by atomic mass is 19.4. The molecular formula is C14H15F3N2O2. The summed E-state index contributed by atoms with van der Waals surface area (Å²) in [5.41, 5.74) is 0.465. The summed E-state index contributed by atoms with van der Waals surface area (Å²) in [6.45, 7) is 1.17. The van der Waals surface area contributed by atoms with E-state index in [9.17, 15) is 18.0 Å². The first-order valence-electron chi connectivity index (χ1n) is 6.25. The fraction of sp³-hybridized carbons (Fsp3) is 0.429. The van der Waals surface area contributed by atoms with Crippen molar-refractivity contribution in [3.05, 3.63) is 29.6 Å². The van der Waals surface area contributed by atoms with Gasteiger partial charge < -0.3 is 10.4 Å². The summed E-state index contributed by atoms with van der Waals surface area (Å²) in [6.07, 6.45) is -2.49. The summed E-state index contributed by atoms with van der Waals surface area (Å²) >= 11 is 0. The SMILES string of the molecule is CC(CC(F)(F)F)NC(=O)c1ccncc1C#CCCO. The van der Waals surface area contributed by atoms with Crippen LogP contribution in [-0.2, 0) is 0 Å². The molecule has 1 rings (SSSR count). The molecule has 1 atom stereocenters. The van der Waals surface area contributed by atoms with E-state index in [0.29, 0.717) is 5.56 Å². The molecule has 1 aromatic heterocycles. The van der Waals surface area contributed by atoms with Crippen LogP contribution in [-0.4, -0.2) is 34.8 Å². The van der Waals surface area contributed by atoms with Crippen LogP contribution < -0.4 is 5.32 Å². The molecule has 0 aromatic carbocycles. The number of alkyl halides is 3. The van der Waals surface area contributed by atoms with Gasteiger partial charge in [0.2, 0.25) is 0 Å². The van der Waals surface area contributed by atoms with Crippen LogP contribution >= 0.6 is 0 Å². The highest BCUT2D eigenvalue weighted by Gasteiger charge is 2.30. The first-order valence-corrected chi connectivity index (χ1v) is 6.25. The highest BCUT2D eigenvalue weighted by Crippen LogP contribution is 2.21. The lowest BCUT2D eigenvalue weighted by Crippen LogP contribution is -2.36. The standard InChI is InChI=1S/C14H15F3N2O2/c1-10(8-14(15,16)17)19-13(21)12-5-6-18-9-11(12)4-2-3-7-20/h5-6,9-10,20H,3,7-8H2,1H3,(H,19,21). The lowest BCUT2D eigenvalue weighted by atomic mass is 10.1. The number of amides is 1. The Bertz CT molecular complexity index is 547. The van der Waals surface area contributed by atoms with Crippen molar-refractivity contribution in [3.8, 4) is 11.8 Å². The van der Waals surface area contributed by atoms with Gasteiger partial charge in [0.25, 0.3) is 5.91 Å². The molecular weight excluding hydrogens is 285 g/mol. The molecule has 0 fully saturated rings. The molecule has 1 amide bonds. The number of rotatable bonds is 4. The molecule has 0 bridgehead atoms. The van der Waals surface area contributed by atoms with Crippen LogP contribution in [0.25, 0.3) is 0 Å². The molecule has 1 unspecified atom stereocenters. The maximum absolute atomic E-state index is 12.2. The van der Waals surface area contributed by atoms with Crippen molar-refractivity contribution in [2.24, 2.45) is 0 Å². The monoisotopic (exact) mass is 300 g/mol. The van der Waals surface area contributed by atoms with E-state index in [1.54, 1.807) is 0 Å². The van der Waals surface area contributed by atoms with Crippen LogP contribution in [0.4, 0.5) is 13.2 Å². The molecule has 0 saturated heterocycles. The van der Waals surface area contributed by atoms with Gasteiger partial charge >= 0.3 is 6.18 Å². The van der Waals surface area contributed by atoms with E-state index in [1.165, 1.54) is 25.4 Å². The molecule has 0 saturated carbocycles. The van der Waals surface area contributed by atoms with Gasteiger partial charge in [0.15, 0.2) is 0 Å². The molecule has 0 aliphatic carbocycles. The third-order valence-electron chi connectivity index (χ3n) is 2.44.